The van der Waals surface area contributed by atoms with Gasteiger partial charge in [-0.05, 0) is 6.92 Å². The van der Waals surface area contributed by atoms with Gasteiger partial charge in [-0.1, -0.05) is 72.4 Å². The predicted molar refractivity (Wildman–Crippen MR) is 100 cm³/mol. The summed E-state index contributed by atoms with van der Waals surface area (Å²) >= 11 is 1.28. The van der Waals surface area contributed by atoms with Gasteiger partial charge in [-0.15, -0.1) is 10.2 Å². The molecule has 25 heavy (non-hydrogen) atoms. The van der Waals surface area contributed by atoms with Crippen molar-refractivity contribution in [3.8, 4) is 22.5 Å². The highest BCUT2D eigenvalue weighted by atomic mass is 32.2. The lowest BCUT2D eigenvalue weighted by Gasteiger charge is -2.09. The lowest BCUT2D eigenvalue weighted by atomic mass is 10.0. The lowest BCUT2D eigenvalue weighted by molar-refractivity contribution is -0.118. The summed E-state index contributed by atoms with van der Waals surface area (Å²) in [4.78, 5) is 16.3. The van der Waals surface area contributed by atoms with Crippen molar-refractivity contribution in [1.82, 2.24) is 20.5 Å². The summed E-state index contributed by atoms with van der Waals surface area (Å²) in [6.07, 6.45) is 0. The highest BCUT2D eigenvalue weighted by Crippen LogP contribution is 2.29. The Kier molecular flexibility index (Phi) is 5.74. The van der Waals surface area contributed by atoms with Crippen LogP contribution in [0.3, 0.4) is 0 Å². The first-order valence-corrected chi connectivity index (χ1v) is 9.01. The number of benzene rings is 2. The van der Waals surface area contributed by atoms with Gasteiger partial charge in [0.25, 0.3) is 0 Å². The van der Waals surface area contributed by atoms with Crippen molar-refractivity contribution in [2.75, 3.05) is 12.3 Å². The summed E-state index contributed by atoms with van der Waals surface area (Å²) in [7, 11) is 0. The Balaban J connectivity index is 1.95. The molecule has 0 aliphatic carbocycles. The molecule has 1 N–H and O–H groups in total. The molecule has 3 aromatic rings. The highest BCUT2D eigenvalue weighted by Gasteiger charge is 2.14. The number of aromatic nitrogens is 3. The van der Waals surface area contributed by atoms with Crippen LogP contribution in [0.1, 0.15) is 6.92 Å². The highest BCUT2D eigenvalue weighted by molar-refractivity contribution is 7.99. The van der Waals surface area contributed by atoms with Crippen molar-refractivity contribution in [2.45, 2.75) is 12.1 Å². The van der Waals surface area contributed by atoms with E-state index in [0.717, 1.165) is 22.5 Å². The van der Waals surface area contributed by atoms with E-state index in [0.29, 0.717) is 11.7 Å². The Bertz CT molecular complexity index is 841. The molecule has 0 spiro atoms. The van der Waals surface area contributed by atoms with Crippen LogP contribution < -0.4 is 5.32 Å². The second-order valence-corrected chi connectivity index (χ2v) is 6.21. The van der Waals surface area contributed by atoms with E-state index in [-0.39, 0.29) is 11.7 Å². The fraction of sp³-hybridized carbons (Fsp3) is 0.158. The molecule has 0 saturated heterocycles. The van der Waals surface area contributed by atoms with E-state index in [9.17, 15) is 4.79 Å². The van der Waals surface area contributed by atoms with Crippen LogP contribution in [0.4, 0.5) is 0 Å². The summed E-state index contributed by atoms with van der Waals surface area (Å²) in [5.74, 6) is 0.235. The number of nitrogens with one attached hydrogen (secondary N) is 1. The van der Waals surface area contributed by atoms with Crippen molar-refractivity contribution in [3.63, 3.8) is 0 Å². The van der Waals surface area contributed by atoms with Crippen LogP contribution in [0, 0.1) is 0 Å². The van der Waals surface area contributed by atoms with E-state index in [4.69, 9.17) is 0 Å². The largest absolute Gasteiger partial charge is 0.356 e. The predicted octanol–water partition coefficient (Wildman–Crippen LogP) is 3.43. The van der Waals surface area contributed by atoms with Crippen molar-refractivity contribution < 1.29 is 4.79 Å². The topological polar surface area (TPSA) is 67.8 Å². The van der Waals surface area contributed by atoms with Crippen molar-refractivity contribution in [2.24, 2.45) is 0 Å². The zero-order chi connectivity index (χ0) is 17.5. The lowest BCUT2D eigenvalue weighted by Crippen LogP contribution is -2.24. The van der Waals surface area contributed by atoms with Gasteiger partial charge in [0, 0.05) is 17.7 Å². The Morgan fingerprint density at radius 1 is 0.920 bits per heavy atom. The quantitative estimate of drug-likeness (QED) is 0.690. The van der Waals surface area contributed by atoms with Gasteiger partial charge in [0.05, 0.1) is 5.75 Å². The first-order valence-electron chi connectivity index (χ1n) is 8.03. The summed E-state index contributed by atoms with van der Waals surface area (Å²) in [5, 5.41) is 11.8. The molecule has 0 radical (unpaired) electrons. The Labute approximate surface area is 150 Å². The van der Waals surface area contributed by atoms with Gasteiger partial charge in [-0.25, -0.2) is 4.98 Å². The van der Waals surface area contributed by atoms with E-state index in [1.54, 1.807) is 0 Å². The third-order valence-corrected chi connectivity index (χ3v) is 4.31. The number of amides is 1. The van der Waals surface area contributed by atoms with Crippen LogP contribution in [0.15, 0.2) is 65.8 Å². The molecular weight excluding hydrogens is 332 g/mol. The molecule has 0 fully saturated rings. The van der Waals surface area contributed by atoms with E-state index in [1.165, 1.54) is 11.8 Å². The first-order chi connectivity index (χ1) is 12.3. The Hall–Kier alpha value is -2.73. The van der Waals surface area contributed by atoms with E-state index < -0.39 is 0 Å². The van der Waals surface area contributed by atoms with Gasteiger partial charge in [0.2, 0.25) is 11.1 Å². The molecule has 0 unspecified atom stereocenters. The molecular formula is C19H18N4OS. The van der Waals surface area contributed by atoms with Crippen molar-refractivity contribution >= 4 is 17.7 Å². The van der Waals surface area contributed by atoms with Crippen LogP contribution in [0.2, 0.25) is 0 Å². The number of carbonyl (C=O) groups excluding carboxylic acids is 1. The van der Waals surface area contributed by atoms with Crippen LogP contribution in [0.5, 0.6) is 0 Å². The number of carbonyl (C=O) groups is 1. The van der Waals surface area contributed by atoms with Gasteiger partial charge in [0.15, 0.2) is 0 Å². The van der Waals surface area contributed by atoms with E-state index in [1.807, 2.05) is 67.6 Å². The Morgan fingerprint density at radius 2 is 1.52 bits per heavy atom. The van der Waals surface area contributed by atoms with Crippen LogP contribution in [0.25, 0.3) is 22.5 Å². The Morgan fingerprint density at radius 3 is 2.12 bits per heavy atom. The normalized spacial score (nSPS) is 10.4. The standard InChI is InChI=1S/C19H18N4OS/c1-2-20-16(24)13-25-19-21-17(14-9-5-3-6-10-14)18(22-23-19)15-11-7-4-8-12-15/h3-12H,2,13H2,1H3,(H,20,24). The summed E-state index contributed by atoms with van der Waals surface area (Å²) in [6.45, 7) is 2.50. The fourth-order valence-electron chi connectivity index (χ4n) is 2.34. The molecule has 3 rings (SSSR count). The van der Waals surface area contributed by atoms with E-state index >= 15 is 0 Å². The van der Waals surface area contributed by atoms with E-state index in [2.05, 4.69) is 20.5 Å². The summed E-state index contributed by atoms with van der Waals surface area (Å²) in [6, 6.07) is 19.7. The maximum absolute atomic E-state index is 11.7. The molecule has 1 amide bonds. The first kappa shape index (κ1) is 17.1. The second kappa shape index (κ2) is 8.39. The zero-order valence-corrected chi connectivity index (χ0v) is 14.7. The van der Waals surface area contributed by atoms with Gasteiger partial charge in [-0.3, -0.25) is 4.79 Å². The minimum atomic E-state index is -0.0375. The summed E-state index contributed by atoms with van der Waals surface area (Å²) in [5.41, 5.74) is 3.42. The number of rotatable bonds is 6. The molecule has 2 aromatic carbocycles. The summed E-state index contributed by atoms with van der Waals surface area (Å²) < 4.78 is 0. The van der Waals surface area contributed by atoms with Crippen LogP contribution in [-0.4, -0.2) is 33.4 Å². The molecule has 0 aliphatic heterocycles. The van der Waals surface area contributed by atoms with Crippen molar-refractivity contribution in [1.29, 1.82) is 0 Å². The second-order valence-electron chi connectivity index (χ2n) is 5.27. The third-order valence-electron chi connectivity index (χ3n) is 3.47. The van der Waals surface area contributed by atoms with Gasteiger partial charge in [-0.2, -0.15) is 0 Å². The molecule has 126 valence electrons. The number of thioether (sulfide) groups is 1. The van der Waals surface area contributed by atoms with Gasteiger partial charge >= 0.3 is 0 Å². The van der Waals surface area contributed by atoms with Crippen LogP contribution in [-0.2, 0) is 4.79 Å². The molecule has 5 nitrogen and oxygen atoms in total. The third kappa shape index (κ3) is 4.42. The van der Waals surface area contributed by atoms with Gasteiger partial charge in [0.1, 0.15) is 11.4 Å². The zero-order valence-electron chi connectivity index (χ0n) is 13.8. The SMILES string of the molecule is CCNC(=O)CSc1nnc(-c2ccccc2)c(-c2ccccc2)n1. The molecule has 0 saturated carbocycles. The maximum atomic E-state index is 11.7. The molecule has 0 aliphatic rings. The molecule has 1 aromatic heterocycles. The average Bonchev–Trinajstić information content (AvgIpc) is 2.68. The number of hydrogen-bond donors (Lipinski definition) is 1. The number of nitrogens with zero attached hydrogens (tertiary/aromatic N) is 3. The van der Waals surface area contributed by atoms with Crippen LogP contribution >= 0.6 is 11.8 Å². The minimum Gasteiger partial charge on any atom is -0.356 e. The fourth-order valence-corrected chi connectivity index (χ4v) is 2.95. The molecule has 0 bridgehead atoms. The monoisotopic (exact) mass is 350 g/mol. The average molecular weight is 350 g/mol. The number of hydrogen-bond acceptors (Lipinski definition) is 5. The maximum Gasteiger partial charge on any atom is 0.230 e. The smallest absolute Gasteiger partial charge is 0.230 e. The minimum absolute atomic E-state index is 0.0375. The molecule has 1 heterocycles. The molecule has 0 atom stereocenters. The van der Waals surface area contributed by atoms with Gasteiger partial charge < -0.3 is 5.32 Å². The molecule has 6 heteroatoms. The van der Waals surface area contributed by atoms with Crippen molar-refractivity contribution in [3.05, 3.63) is 60.7 Å².